The second-order valence-electron chi connectivity index (χ2n) is 7.38. The van der Waals surface area contributed by atoms with Crippen molar-refractivity contribution in [1.82, 2.24) is 9.62 Å². The molecule has 4 rings (SSSR count). The van der Waals surface area contributed by atoms with Crippen LogP contribution in [-0.4, -0.2) is 38.2 Å². The summed E-state index contributed by atoms with van der Waals surface area (Å²) >= 11 is 0. The molecule has 1 N–H and O–H groups in total. The number of amides is 1. The van der Waals surface area contributed by atoms with Gasteiger partial charge in [-0.25, -0.2) is 8.42 Å². The molecular weight excluding hydrogens is 390 g/mol. The smallest absolute Gasteiger partial charge is 0.263 e. The molecule has 29 heavy (non-hydrogen) atoms. The van der Waals surface area contributed by atoms with Crippen molar-refractivity contribution in [2.45, 2.75) is 50.0 Å². The van der Waals surface area contributed by atoms with Crippen molar-refractivity contribution in [1.29, 1.82) is 0 Å². The lowest BCUT2D eigenvalue weighted by molar-refractivity contribution is -0.132. The van der Waals surface area contributed by atoms with Crippen molar-refractivity contribution in [3.05, 3.63) is 53.5 Å². The van der Waals surface area contributed by atoms with Crippen molar-refractivity contribution >= 4 is 21.8 Å². The van der Waals surface area contributed by atoms with Gasteiger partial charge in [0, 0.05) is 18.5 Å². The second kappa shape index (κ2) is 8.02. The van der Waals surface area contributed by atoms with E-state index in [1.165, 1.54) is 6.07 Å². The molecule has 154 valence electrons. The molecular formula is C21H25N3O4S. The summed E-state index contributed by atoms with van der Waals surface area (Å²) in [5, 5.41) is 0. The summed E-state index contributed by atoms with van der Waals surface area (Å²) in [6.45, 7) is 2.58. The third kappa shape index (κ3) is 3.94. The van der Waals surface area contributed by atoms with Crippen molar-refractivity contribution in [2.24, 2.45) is 4.99 Å². The molecule has 2 aliphatic rings. The number of sulfonamides is 1. The summed E-state index contributed by atoms with van der Waals surface area (Å²) in [5.74, 6) is 1.83. The van der Waals surface area contributed by atoms with Crippen molar-refractivity contribution in [3.63, 3.8) is 0 Å². The Labute approximate surface area is 170 Å². The minimum absolute atomic E-state index is 0.0990. The molecule has 8 heteroatoms. The number of nitrogens with one attached hydrogen (secondary N) is 1. The van der Waals surface area contributed by atoms with Gasteiger partial charge in [-0.2, -0.15) is 0 Å². The lowest BCUT2D eigenvalue weighted by atomic mass is 10.1. The van der Waals surface area contributed by atoms with Gasteiger partial charge in [0.2, 0.25) is 5.91 Å². The van der Waals surface area contributed by atoms with Gasteiger partial charge in [0.1, 0.15) is 23.9 Å². The van der Waals surface area contributed by atoms with E-state index in [0.717, 1.165) is 43.6 Å². The van der Waals surface area contributed by atoms with E-state index in [2.05, 4.69) is 9.71 Å². The van der Waals surface area contributed by atoms with E-state index in [-0.39, 0.29) is 29.2 Å². The number of fused-ring (bicyclic) bond motifs is 1. The van der Waals surface area contributed by atoms with Gasteiger partial charge in [-0.05, 0) is 37.1 Å². The first-order valence-corrected chi connectivity index (χ1v) is 11.5. The molecule has 0 saturated carbocycles. The average Bonchev–Trinajstić information content (AvgIpc) is 3.20. The molecule has 1 aromatic carbocycles. The molecule has 0 unspecified atom stereocenters. The van der Waals surface area contributed by atoms with Gasteiger partial charge in [-0.15, -0.1) is 0 Å². The summed E-state index contributed by atoms with van der Waals surface area (Å²) < 4.78 is 32.8. The maximum atomic E-state index is 13.0. The molecule has 0 aliphatic carbocycles. The topological polar surface area (TPSA) is 92.0 Å². The van der Waals surface area contributed by atoms with Crippen LogP contribution < -0.4 is 4.72 Å². The number of nitrogens with zero attached hydrogens (tertiary/aromatic N) is 2. The van der Waals surface area contributed by atoms with Crippen LogP contribution >= 0.6 is 0 Å². The number of likely N-dealkylation sites (tertiary alicyclic amines) is 1. The van der Waals surface area contributed by atoms with Crippen LogP contribution in [0.3, 0.4) is 0 Å². The van der Waals surface area contributed by atoms with Crippen LogP contribution in [0, 0.1) is 0 Å². The molecule has 2 aromatic rings. The standard InChI is InChI=1S/C21H25N3O4S/c1-2-15-11-12-18(28-15)17-9-4-3-7-13-24(17)20(25)14-22-21-16-8-5-6-10-19(16)29(26,27)23-21/h5-6,8,10-12,17H,2-4,7,9,13-14H2,1H3,(H,22,23)/t17-/m1/s1. The van der Waals surface area contributed by atoms with Crippen LogP contribution in [0.5, 0.6) is 0 Å². The fourth-order valence-electron chi connectivity index (χ4n) is 3.96. The Hall–Kier alpha value is -2.61. The van der Waals surface area contributed by atoms with Crippen molar-refractivity contribution in [2.75, 3.05) is 13.1 Å². The van der Waals surface area contributed by atoms with E-state index >= 15 is 0 Å². The lowest BCUT2D eigenvalue weighted by Crippen LogP contribution is -2.36. The monoisotopic (exact) mass is 415 g/mol. The molecule has 0 bridgehead atoms. The van der Waals surface area contributed by atoms with Crippen LogP contribution in [0.1, 0.15) is 55.7 Å². The number of benzene rings is 1. The average molecular weight is 416 g/mol. The van der Waals surface area contributed by atoms with Crippen LogP contribution in [0.25, 0.3) is 0 Å². The van der Waals surface area contributed by atoms with Gasteiger partial charge >= 0.3 is 0 Å². The molecule has 0 radical (unpaired) electrons. The first kappa shape index (κ1) is 19.7. The molecule has 1 amide bonds. The minimum Gasteiger partial charge on any atom is -0.464 e. The number of rotatable bonds is 4. The number of aliphatic imine (C=N–C) groups is 1. The predicted octanol–water partition coefficient (Wildman–Crippen LogP) is 3.02. The minimum atomic E-state index is -3.61. The molecule has 1 atom stereocenters. The number of carbonyl (C=O) groups is 1. The fraction of sp³-hybridized carbons (Fsp3) is 0.429. The lowest BCUT2D eigenvalue weighted by Gasteiger charge is -2.28. The van der Waals surface area contributed by atoms with Gasteiger partial charge in [0.15, 0.2) is 0 Å². The maximum Gasteiger partial charge on any atom is 0.263 e. The quantitative estimate of drug-likeness (QED) is 0.831. The fourth-order valence-corrected chi connectivity index (χ4v) is 5.21. The summed E-state index contributed by atoms with van der Waals surface area (Å²) in [6, 6.07) is 10.5. The van der Waals surface area contributed by atoms with Crippen LogP contribution in [-0.2, 0) is 21.2 Å². The van der Waals surface area contributed by atoms with Crippen LogP contribution in [0.2, 0.25) is 0 Å². The Kier molecular flexibility index (Phi) is 5.45. The summed E-state index contributed by atoms with van der Waals surface area (Å²) in [5.41, 5.74) is 0.506. The molecule has 1 saturated heterocycles. The second-order valence-corrected chi connectivity index (χ2v) is 9.03. The third-order valence-electron chi connectivity index (χ3n) is 5.47. The molecule has 7 nitrogen and oxygen atoms in total. The number of amidine groups is 1. The zero-order chi connectivity index (χ0) is 20.4. The van der Waals surface area contributed by atoms with Gasteiger partial charge in [-0.3, -0.25) is 14.5 Å². The number of aryl methyl sites for hydroxylation is 1. The highest BCUT2D eigenvalue weighted by Gasteiger charge is 2.32. The van der Waals surface area contributed by atoms with Gasteiger partial charge in [0.05, 0.1) is 10.9 Å². The van der Waals surface area contributed by atoms with E-state index in [1.54, 1.807) is 18.2 Å². The van der Waals surface area contributed by atoms with Gasteiger partial charge in [-0.1, -0.05) is 31.9 Å². The molecule has 1 fully saturated rings. The normalized spacial score (nSPS) is 22.2. The zero-order valence-electron chi connectivity index (χ0n) is 16.4. The van der Waals surface area contributed by atoms with Crippen molar-refractivity contribution in [3.8, 4) is 0 Å². The SMILES string of the molecule is CCc1ccc([C@H]2CCCCCN2C(=O)CN=C2NS(=O)(=O)c3ccccc32)o1. The van der Waals surface area contributed by atoms with E-state index < -0.39 is 10.0 Å². The molecule has 1 aromatic heterocycles. The van der Waals surface area contributed by atoms with E-state index in [9.17, 15) is 13.2 Å². The Morgan fingerprint density at radius 3 is 2.83 bits per heavy atom. The number of furan rings is 1. The first-order valence-electron chi connectivity index (χ1n) is 10.0. The summed E-state index contributed by atoms with van der Waals surface area (Å²) in [4.78, 5) is 19.4. The van der Waals surface area contributed by atoms with E-state index in [1.807, 2.05) is 24.0 Å². The Balaban J connectivity index is 1.55. The predicted molar refractivity (Wildman–Crippen MR) is 109 cm³/mol. The molecule has 0 spiro atoms. The number of carbonyl (C=O) groups excluding carboxylic acids is 1. The highest BCUT2D eigenvalue weighted by molar-refractivity contribution is 7.90. The Bertz CT molecular complexity index is 1040. The summed E-state index contributed by atoms with van der Waals surface area (Å²) in [6.07, 6.45) is 4.72. The van der Waals surface area contributed by atoms with Crippen LogP contribution in [0.15, 0.2) is 50.7 Å². The van der Waals surface area contributed by atoms with Gasteiger partial charge in [0.25, 0.3) is 10.0 Å². The Morgan fingerprint density at radius 1 is 1.21 bits per heavy atom. The van der Waals surface area contributed by atoms with Crippen LogP contribution in [0.4, 0.5) is 0 Å². The van der Waals surface area contributed by atoms with E-state index in [4.69, 9.17) is 4.42 Å². The highest BCUT2D eigenvalue weighted by Crippen LogP contribution is 2.31. The maximum absolute atomic E-state index is 13.0. The zero-order valence-corrected chi connectivity index (χ0v) is 17.2. The summed E-state index contributed by atoms with van der Waals surface area (Å²) in [7, 11) is -3.61. The largest absolute Gasteiger partial charge is 0.464 e. The molecule has 3 heterocycles. The first-order chi connectivity index (χ1) is 14.0. The number of hydrogen-bond donors (Lipinski definition) is 1. The molecule has 2 aliphatic heterocycles. The van der Waals surface area contributed by atoms with Gasteiger partial charge < -0.3 is 9.32 Å². The Morgan fingerprint density at radius 2 is 2.03 bits per heavy atom. The third-order valence-corrected chi connectivity index (χ3v) is 6.86. The highest BCUT2D eigenvalue weighted by atomic mass is 32.2. The number of hydrogen-bond acceptors (Lipinski definition) is 5. The van der Waals surface area contributed by atoms with Crippen molar-refractivity contribution < 1.29 is 17.6 Å². The van der Waals surface area contributed by atoms with E-state index in [0.29, 0.717) is 12.1 Å².